The lowest BCUT2D eigenvalue weighted by atomic mass is 10.0. The first-order chi connectivity index (χ1) is 13.0. The van der Waals surface area contributed by atoms with Crippen molar-refractivity contribution in [3.8, 4) is 11.3 Å². The molecule has 2 N–H and O–H groups in total. The highest BCUT2D eigenvalue weighted by atomic mass is 19.4. The number of rotatable bonds is 3. The van der Waals surface area contributed by atoms with E-state index in [1.54, 1.807) is 6.20 Å². The van der Waals surface area contributed by atoms with Crippen molar-refractivity contribution in [2.24, 2.45) is 0 Å². The van der Waals surface area contributed by atoms with Crippen LogP contribution < -0.4 is 5.32 Å². The standard InChI is InChI=1S/C19H23F3N4O/c20-19(21,22)14-3-1-13(2-4-14)16-11-24-18(25-16)17-12-27-10-9-26(17)15-5-7-23-8-6-15/h1-4,11,15,17,23H,5-10,12H2,(H,24,25)/t17-/m0/s1. The maximum Gasteiger partial charge on any atom is 0.416 e. The summed E-state index contributed by atoms with van der Waals surface area (Å²) < 4.78 is 43.9. The Hall–Kier alpha value is -1.90. The van der Waals surface area contributed by atoms with Gasteiger partial charge in [0.1, 0.15) is 5.82 Å². The van der Waals surface area contributed by atoms with Crippen LogP contribution in [0.4, 0.5) is 13.2 Å². The number of aromatic nitrogens is 2. The molecule has 0 aliphatic carbocycles. The normalized spacial score (nSPS) is 22.9. The van der Waals surface area contributed by atoms with Crippen LogP contribution in [-0.2, 0) is 10.9 Å². The Bertz CT molecular complexity index is 753. The summed E-state index contributed by atoms with van der Waals surface area (Å²) in [5.41, 5.74) is 0.755. The number of nitrogens with zero attached hydrogens (tertiary/aromatic N) is 2. The molecule has 5 nitrogen and oxygen atoms in total. The monoisotopic (exact) mass is 380 g/mol. The topological polar surface area (TPSA) is 53.2 Å². The lowest BCUT2D eigenvalue weighted by Gasteiger charge is -2.41. The van der Waals surface area contributed by atoms with Crippen LogP contribution >= 0.6 is 0 Å². The van der Waals surface area contributed by atoms with Crippen LogP contribution in [0.2, 0.25) is 0 Å². The van der Waals surface area contributed by atoms with Crippen molar-refractivity contribution in [3.63, 3.8) is 0 Å². The summed E-state index contributed by atoms with van der Waals surface area (Å²) >= 11 is 0. The van der Waals surface area contributed by atoms with Gasteiger partial charge in [0.05, 0.1) is 36.7 Å². The molecule has 0 spiro atoms. The molecule has 4 rings (SSSR count). The van der Waals surface area contributed by atoms with Gasteiger partial charge in [-0.25, -0.2) is 4.98 Å². The fourth-order valence-corrected chi connectivity index (χ4v) is 3.92. The Kier molecular flexibility index (Phi) is 5.21. The molecule has 2 saturated heterocycles. The number of halogens is 3. The zero-order valence-electron chi connectivity index (χ0n) is 14.9. The number of H-pyrrole nitrogens is 1. The van der Waals surface area contributed by atoms with Crippen molar-refractivity contribution < 1.29 is 17.9 Å². The van der Waals surface area contributed by atoms with Gasteiger partial charge in [0.25, 0.3) is 0 Å². The summed E-state index contributed by atoms with van der Waals surface area (Å²) in [7, 11) is 0. The van der Waals surface area contributed by atoms with E-state index in [-0.39, 0.29) is 6.04 Å². The molecular weight excluding hydrogens is 357 g/mol. The molecule has 8 heteroatoms. The van der Waals surface area contributed by atoms with Crippen molar-refractivity contribution in [2.45, 2.75) is 31.1 Å². The fraction of sp³-hybridized carbons (Fsp3) is 0.526. The number of morpholine rings is 1. The number of alkyl halides is 3. The summed E-state index contributed by atoms with van der Waals surface area (Å²) in [5.74, 6) is 0.808. The van der Waals surface area contributed by atoms with Crippen LogP contribution in [0.5, 0.6) is 0 Å². The molecule has 1 aromatic heterocycles. The van der Waals surface area contributed by atoms with Gasteiger partial charge in [0.15, 0.2) is 0 Å². The molecule has 2 aliphatic rings. The van der Waals surface area contributed by atoms with E-state index in [9.17, 15) is 13.2 Å². The summed E-state index contributed by atoms with van der Waals surface area (Å²) in [6.45, 7) is 4.19. The lowest BCUT2D eigenvalue weighted by molar-refractivity contribution is -0.137. The Morgan fingerprint density at radius 3 is 2.56 bits per heavy atom. The number of ether oxygens (including phenoxy) is 1. The number of aromatic amines is 1. The quantitative estimate of drug-likeness (QED) is 0.859. The molecule has 0 bridgehead atoms. The molecule has 2 fully saturated rings. The van der Waals surface area contributed by atoms with Crippen molar-refractivity contribution in [1.82, 2.24) is 20.2 Å². The minimum atomic E-state index is -4.33. The van der Waals surface area contributed by atoms with Gasteiger partial charge in [0.2, 0.25) is 0 Å². The van der Waals surface area contributed by atoms with Gasteiger partial charge in [-0.05, 0) is 43.6 Å². The lowest BCUT2D eigenvalue weighted by Crippen LogP contribution is -2.49. The molecule has 2 aromatic rings. The first-order valence-corrected chi connectivity index (χ1v) is 9.29. The second-order valence-corrected chi connectivity index (χ2v) is 7.07. The molecule has 2 aliphatic heterocycles. The minimum Gasteiger partial charge on any atom is -0.378 e. The Morgan fingerprint density at radius 1 is 1.11 bits per heavy atom. The van der Waals surface area contributed by atoms with Gasteiger partial charge < -0.3 is 15.0 Å². The van der Waals surface area contributed by atoms with Gasteiger partial charge in [-0.2, -0.15) is 13.2 Å². The van der Waals surface area contributed by atoms with E-state index in [0.717, 1.165) is 56.1 Å². The summed E-state index contributed by atoms with van der Waals surface area (Å²) in [6.07, 6.45) is -0.439. The zero-order valence-corrected chi connectivity index (χ0v) is 14.9. The average Bonchev–Trinajstić information content (AvgIpc) is 3.18. The second kappa shape index (κ2) is 7.61. The Morgan fingerprint density at radius 2 is 1.85 bits per heavy atom. The van der Waals surface area contributed by atoms with Gasteiger partial charge in [-0.3, -0.25) is 4.90 Å². The second-order valence-electron chi connectivity index (χ2n) is 7.07. The van der Waals surface area contributed by atoms with E-state index in [1.807, 2.05) is 0 Å². The van der Waals surface area contributed by atoms with Crippen LogP contribution in [0.25, 0.3) is 11.3 Å². The third kappa shape index (κ3) is 4.02. The third-order valence-corrected chi connectivity index (χ3v) is 5.38. The maximum absolute atomic E-state index is 12.7. The smallest absolute Gasteiger partial charge is 0.378 e. The van der Waals surface area contributed by atoms with E-state index in [1.165, 1.54) is 12.1 Å². The fourth-order valence-electron chi connectivity index (χ4n) is 3.92. The van der Waals surface area contributed by atoms with Gasteiger partial charge in [-0.15, -0.1) is 0 Å². The number of benzene rings is 1. The highest BCUT2D eigenvalue weighted by Gasteiger charge is 2.33. The number of imidazole rings is 1. The summed E-state index contributed by atoms with van der Waals surface area (Å²) in [5, 5.41) is 3.39. The van der Waals surface area contributed by atoms with Crippen LogP contribution in [0.1, 0.15) is 30.3 Å². The predicted octanol–water partition coefficient (Wildman–Crippen LogP) is 3.22. The molecule has 27 heavy (non-hydrogen) atoms. The van der Waals surface area contributed by atoms with Gasteiger partial charge in [0, 0.05) is 12.6 Å². The molecule has 0 radical (unpaired) electrons. The van der Waals surface area contributed by atoms with Crippen LogP contribution in [0.3, 0.4) is 0 Å². The molecule has 1 aromatic carbocycles. The number of hydrogen-bond acceptors (Lipinski definition) is 4. The van der Waals surface area contributed by atoms with Gasteiger partial charge in [-0.1, -0.05) is 12.1 Å². The molecule has 0 unspecified atom stereocenters. The minimum absolute atomic E-state index is 0.0463. The molecule has 1 atom stereocenters. The SMILES string of the molecule is FC(F)(F)c1ccc(-c2cnc([C@@H]3COCCN3C3CCNCC3)[nH]2)cc1. The third-order valence-electron chi connectivity index (χ3n) is 5.38. The molecule has 0 saturated carbocycles. The number of piperidine rings is 1. The van der Waals surface area contributed by atoms with Crippen molar-refractivity contribution in [3.05, 3.63) is 41.9 Å². The summed E-state index contributed by atoms with van der Waals surface area (Å²) in [6, 6.07) is 5.69. The molecule has 146 valence electrons. The Balaban J connectivity index is 1.53. The number of nitrogens with one attached hydrogen (secondary N) is 2. The average molecular weight is 380 g/mol. The zero-order chi connectivity index (χ0) is 18.9. The first-order valence-electron chi connectivity index (χ1n) is 9.29. The summed E-state index contributed by atoms with van der Waals surface area (Å²) in [4.78, 5) is 10.3. The maximum atomic E-state index is 12.7. The van der Waals surface area contributed by atoms with Crippen molar-refractivity contribution >= 4 is 0 Å². The largest absolute Gasteiger partial charge is 0.416 e. The van der Waals surface area contributed by atoms with Gasteiger partial charge >= 0.3 is 6.18 Å². The highest BCUT2D eigenvalue weighted by Crippen LogP contribution is 2.32. The van der Waals surface area contributed by atoms with E-state index in [4.69, 9.17) is 4.74 Å². The molecular formula is C19H23F3N4O. The van der Waals surface area contributed by atoms with Crippen molar-refractivity contribution in [1.29, 1.82) is 0 Å². The van der Waals surface area contributed by atoms with E-state index in [2.05, 4.69) is 20.2 Å². The van der Waals surface area contributed by atoms with Crippen LogP contribution in [-0.4, -0.2) is 53.8 Å². The highest BCUT2D eigenvalue weighted by molar-refractivity contribution is 5.59. The molecule has 3 heterocycles. The van der Waals surface area contributed by atoms with Crippen molar-refractivity contribution in [2.75, 3.05) is 32.8 Å². The van der Waals surface area contributed by atoms with Crippen LogP contribution in [0, 0.1) is 0 Å². The Labute approximate surface area is 155 Å². The number of hydrogen-bond donors (Lipinski definition) is 2. The molecule has 0 amide bonds. The van der Waals surface area contributed by atoms with E-state index in [0.29, 0.717) is 24.8 Å². The predicted molar refractivity (Wildman–Crippen MR) is 95.2 cm³/mol. The van der Waals surface area contributed by atoms with E-state index < -0.39 is 11.7 Å². The van der Waals surface area contributed by atoms with E-state index >= 15 is 0 Å². The first kappa shape index (κ1) is 18.5. The van der Waals surface area contributed by atoms with Crippen LogP contribution in [0.15, 0.2) is 30.5 Å².